The van der Waals surface area contributed by atoms with Crippen LogP contribution < -0.4 is 9.47 Å². The Balaban J connectivity index is 1.77. The summed E-state index contributed by atoms with van der Waals surface area (Å²) in [6.45, 7) is 8.11. The van der Waals surface area contributed by atoms with Crippen LogP contribution in [0.1, 0.15) is 38.4 Å². The number of aromatic nitrogens is 1. The van der Waals surface area contributed by atoms with E-state index in [0.29, 0.717) is 25.1 Å². The first-order valence-electron chi connectivity index (χ1n) is 7.24. The molecule has 4 heteroatoms. The topological polar surface area (TPSA) is 34.6 Å². The van der Waals surface area contributed by atoms with Gasteiger partial charge in [-0.15, -0.1) is 0 Å². The molecule has 0 aromatic carbocycles. The fourth-order valence-electron chi connectivity index (χ4n) is 2.94. The van der Waals surface area contributed by atoms with Crippen molar-refractivity contribution in [2.24, 2.45) is 5.92 Å². The molecule has 3 rings (SSSR count). The van der Waals surface area contributed by atoms with Crippen molar-refractivity contribution in [3.05, 3.63) is 17.8 Å². The summed E-state index contributed by atoms with van der Waals surface area (Å²) >= 11 is 0. The maximum atomic E-state index is 5.57. The van der Waals surface area contributed by atoms with Gasteiger partial charge in [-0.25, -0.2) is 4.98 Å². The van der Waals surface area contributed by atoms with Crippen molar-refractivity contribution in [1.82, 2.24) is 9.88 Å². The summed E-state index contributed by atoms with van der Waals surface area (Å²) in [6.07, 6.45) is 2.63. The SMILES string of the molecule is C[C@H]1CCCN([C@H](C)c2ccc3c(n2)OCCO3)C1. The van der Waals surface area contributed by atoms with Crippen molar-refractivity contribution >= 4 is 0 Å². The lowest BCUT2D eigenvalue weighted by Crippen LogP contribution is -2.36. The Morgan fingerprint density at radius 3 is 3.00 bits per heavy atom. The molecule has 0 radical (unpaired) electrons. The predicted octanol–water partition coefficient (Wildman–Crippen LogP) is 2.65. The lowest BCUT2D eigenvalue weighted by molar-refractivity contribution is 0.133. The van der Waals surface area contributed by atoms with Crippen molar-refractivity contribution < 1.29 is 9.47 Å². The van der Waals surface area contributed by atoms with Crippen molar-refractivity contribution in [3.8, 4) is 11.6 Å². The van der Waals surface area contributed by atoms with Gasteiger partial charge in [-0.2, -0.15) is 0 Å². The molecule has 2 aliphatic heterocycles. The predicted molar refractivity (Wildman–Crippen MR) is 73.6 cm³/mol. The van der Waals surface area contributed by atoms with Gasteiger partial charge in [0.25, 0.3) is 5.88 Å². The molecule has 104 valence electrons. The summed E-state index contributed by atoms with van der Waals surface area (Å²) in [5.74, 6) is 2.21. The van der Waals surface area contributed by atoms with E-state index in [4.69, 9.17) is 9.47 Å². The quantitative estimate of drug-likeness (QED) is 0.820. The lowest BCUT2D eigenvalue weighted by Gasteiger charge is -2.35. The van der Waals surface area contributed by atoms with E-state index in [1.165, 1.54) is 19.4 Å². The van der Waals surface area contributed by atoms with Gasteiger partial charge in [0.05, 0.1) is 5.69 Å². The van der Waals surface area contributed by atoms with Gasteiger partial charge in [0, 0.05) is 12.6 Å². The third-order valence-corrected chi connectivity index (χ3v) is 4.09. The molecule has 0 bridgehead atoms. The third kappa shape index (κ3) is 2.68. The fraction of sp³-hybridized carbons (Fsp3) is 0.667. The smallest absolute Gasteiger partial charge is 0.257 e. The van der Waals surface area contributed by atoms with Gasteiger partial charge in [-0.3, -0.25) is 4.90 Å². The molecule has 0 spiro atoms. The minimum absolute atomic E-state index is 0.346. The molecule has 0 saturated carbocycles. The fourth-order valence-corrected chi connectivity index (χ4v) is 2.94. The Bertz CT molecular complexity index is 450. The molecular weight excluding hydrogens is 240 g/mol. The maximum absolute atomic E-state index is 5.57. The van der Waals surface area contributed by atoms with Crippen LogP contribution in [0.25, 0.3) is 0 Å². The van der Waals surface area contributed by atoms with Crippen LogP contribution in [0.2, 0.25) is 0 Å². The summed E-state index contributed by atoms with van der Waals surface area (Å²) in [5, 5.41) is 0. The van der Waals surface area contributed by atoms with E-state index in [0.717, 1.165) is 23.9 Å². The van der Waals surface area contributed by atoms with Gasteiger partial charge in [0.1, 0.15) is 13.2 Å². The number of ether oxygens (including phenoxy) is 2. The second kappa shape index (κ2) is 5.37. The molecule has 3 heterocycles. The van der Waals surface area contributed by atoms with Crippen LogP contribution in [0.15, 0.2) is 12.1 Å². The number of likely N-dealkylation sites (tertiary alicyclic amines) is 1. The average molecular weight is 262 g/mol. The summed E-state index contributed by atoms with van der Waals surface area (Å²) < 4.78 is 11.1. The zero-order valence-corrected chi connectivity index (χ0v) is 11.8. The maximum Gasteiger partial charge on any atom is 0.257 e. The second-order valence-corrected chi connectivity index (χ2v) is 5.65. The van der Waals surface area contributed by atoms with Crippen LogP contribution in [-0.4, -0.2) is 36.2 Å². The number of nitrogens with zero attached hydrogens (tertiary/aromatic N) is 2. The van der Waals surface area contributed by atoms with Crippen molar-refractivity contribution in [2.75, 3.05) is 26.3 Å². The van der Waals surface area contributed by atoms with Crippen molar-refractivity contribution in [3.63, 3.8) is 0 Å². The number of rotatable bonds is 2. The number of pyridine rings is 1. The van der Waals surface area contributed by atoms with Gasteiger partial charge >= 0.3 is 0 Å². The van der Waals surface area contributed by atoms with Crippen LogP contribution in [0.5, 0.6) is 11.6 Å². The molecule has 19 heavy (non-hydrogen) atoms. The molecule has 4 nitrogen and oxygen atoms in total. The van der Waals surface area contributed by atoms with Crippen LogP contribution in [0, 0.1) is 5.92 Å². The van der Waals surface area contributed by atoms with Crippen LogP contribution in [-0.2, 0) is 0 Å². The molecule has 2 atom stereocenters. The molecular formula is C15H22N2O2. The summed E-state index contributed by atoms with van der Waals surface area (Å²) in [4.78, 5) is 7.14. The Morgan fingerprint density at radius 2 is 2.16 bits per heavy atom. The molecule has 1 aromatic rings. The Kier molecular flexibility index (Phi) is 3.60. The van der Waals surface area contributed by atoms with Crippen LogP contribution in [0.3, 0.4) is 0 Å². The summed E-state index contributed by atoms with van der Waals surface area (Å²) in [5.41, 5.74) is 1.08. The largest absolute Gasteiger partial charge is 0.484 e. The molecule has 1 fully saturated rings. The van der Waals surface area contributed by atoms with Gasteiger partial charge in [0.15, 0.2) is 5.75 Å². The van der Waals surface area contributed by atoms with E-state index in [1.54, 1.807) is 0 Å². The molecule has 0 aliphatic carbocycles. The normalized spacial score (nSPS) is 25.1. The van der Waals surface area contributed by atoms with E-state index < -0.39 is 0 Å². The Hall–Kier alpha value is -1.29. The zero-order valence-electron chi connectivity index (χ0n) is 11.8. The minimum Gasteiger partial charge on any atom is -0.484 e. The van der Waals surface area contributed by atoms with E-state index in [2.05, 4.69) is 29.8 Å². The van der Waals surface area contributed by atoms with Crippen molar-refractivity contribution in [1.29, 1.82) is 0 Å². The minimum atomic E-state index is 0.346. The van der Waals surface area contributed by atoms with E-state index in [-0.39, 0.29) is 0 Å². The van der Waals surface area contributed by atoms with Crippen LogP contribution >= 0.6 is 0 Å². The number of hydrogen-bond acceptors (Lipinski definition) is 4. The monoisotopic (exact) mass is 262 g/mol. The molecule has 2 aliphatic rings. The highest BCUT2D eigenvalue weighted by atomic mass is 16.6. The highest BCUT2D eigenvalue weighted by molar-refractivity contribution is 5.36. The highest BCUT2D eigenvalue weighted by Gasteiger charge is 2.24. The van der Waals surface area contributed by atoms with E-state index in [1.807, 2.05) is 6.07 Å². The average Bonchev–Trinajstić information content (AvgIpc) is 2.46. The number of fused-ring (bicyclic) bond motifs is 1. The van der Waals surface area contributed by atoms with E-state index in [9.17, 15) is 0 Å². The third-order valence-electron chi connectivity index (χ3n) is 4.09. The Morgan fingerprint density at radius 1 is 1.32 bits per heavy atom. The zero-order chi connectivity index (χ0) is 13.2. The van der Waals surface area contributed by atoms with Crippen LogP contribution in [0.4, 0.5) is 0 Å². The van der Waals surface area contributed by atoms with Gasteiger partial charge in [-0.05, 0) is 44.4 Å². The van der Waals surface area contributed by atoms with Crippen molar-refractivity contribution in [2.45, 2.75) is 32.7 Å². The Labute approximate surface area is 114 Å². The second-order valence-electron chi connectivity index (χ2n) is 5.65. The van der Waals surface area contributed by atoms with E-state index >= 15 is 0 Å². The molecule has 0 amide bonds. The number of hydrogen-bond donors (Lipinski definition) is 0. The van der Waals surface area contributed by atoms with Gasteiger partial charge in [0.2, 0.25) is 0 Å². The molecule has 0 unspecified atom stereocenters. The summed E-state index contributed by atoms with van der Waals surface area (Å²) in [7, 11) is 0. The first-order valence-corrected chi connectivity index (χ1v) is 7.24. The van der Waals surface area contributed by atoms with Gasteiger partial charge in [-0.1, -0.05) is 6.92 Å². The first kappa shape index (κ1) is 12.7. The molecule has 0 N–H and O–H groups in total. The molecule has 1 aromatic heterocycles. The first-order chi connectivity index (χ1) is 9.24. The molecule has 1 saturated heterocycles. The summed E-state index contributed by atoms with van der Waals surface area (Å²) in [6, 6.07) is 4.40. The van der Waals surface area contributed by atoms with Gasteiger partial charge < -0.3 is 9.47 Å². The highest BCUT2D eigenvalue weighted by Crippen LogP contribution is 2.32. The number of piperidine rings is 1. The standard InChI is InChI=1S/C15H22N2O2/c1-11-4-3-7-17(10-11)12(2)13-5-6-14-15(16-13)19-9-8-18-14/h5-6,11-12H,3-4,7-10H2,1-2H3/t11-,12+/m0/s1. The lowest BCUT2D eigenvalue weighted by atomic mass is 9.98.